The Kier molecular flexibility index (Phi) is 4.05. The van der Waals surface area contributed by atoms with Crippen LogP contribution in [0.4, 0.5) is 0 Å². The van der Waals surface area contributed by atoms with Gasteiger partial charge in [-0.05, 0) is 19.1 Å². The van der Waals surface area contributed by atoms with Crippen LogP contribution in [0.2, 0.25) is 15.1 Å². The predicted molar refractivity (Wildman–Crippen MR) is 57.4 cm³/mol. The lowest BCUT2D eigenvalue weighted by Gasteiger charge is -2.06. The van der Waals surface area contributed by atoms with Crippen LogP contribution in [0.15, 0.2) is 12.1 Å². The topological polar surface area (TPSA) is 26.3 Å². The maximum atomic E-state index is 11.4. The van der Waals surface area contributed by atoms with Gasteiger partial charge in [-0.15, -0.1) is 0 Å². The van der Waals surface area contributed by atoms with E-state index in [1.807, 2.05) is 0 Å². The fraction of sp³-hybridized carbons (Fsp3) is 0.222. The van der Waals surface area contributed by atoms with Crippen LogP contribution in [-0.4, -0.2) is 12.6 Å². The van der Waals surface area contributed by atoms with Crippen molar-refractivity contribution in [3.05, 3.63) is 32.8 Å². The van der Waals surface area contributed by atoms with Crippen LogP contribution in [0.25, 0.3) is 0 Å². The molecule has 0 unspecified atom stereocenters. The lowest BCUT2D eigenvalue weighted by molar-refractivity contribution is 0.0527. The molecule has 0 aliphatic carbocycles. The highest BCUT2D eigenvalue weighted by Crippen LogP contribution is 2.29. The number of esters is 1. The third kappa shape index (κ3) is 2.53. The van der Waals surface area contributed by atoms with Crippen LogP contribution in [0, 0.1) is 0 Å². The molecule has 0 amide bonds. The van der Waals surface area contributed by atoms with E-state index in [-0.39, 0.29) is 22.2 Å². The van der Waals surface area contributed by atoms with E-state index in [4.69, 9.17) is 39.5 Å². The van der Waals surface area contributed by atoms with Crippen molar-refractivity contribution >= 4 is 40.8 Å². The van der Waals surface area contributed by atoms with Crippen molar-refractivity contribution in [2.45, 2.75) is 6.92 Å². The van der Waals surface area contributed by atoms with Crippen LogP contribution < -0.4 is 0 Å². The monoisotopic (exact) mass is 252 g/mol. The van der Waals surface area contributed by atoms with E-state index in [1.54, 1.807) is 6.92 Å². The first-order valence-electron chi connectivity index (χ1n) is 3.88. The molecule has 0 bridgehead atoms. The minimum Gasteiger partial charge on any atom is -0.462 e. The van der Waals surface area contributed by atoms with Crippen LogP contribution in [0.5, 0.6) is 0 Å². The van der Waals surface area contributed by atoms with Crippen LogP contribution in [-0.2, 0) is 4.74 Å². The molecule has 2 nitrogen and oxygen atoms in total. The van der Waals surface area contributed by atoms with Crippen molar-refractivity contribution in [3.63, 3.8) is 0 Å². The number of carbonyl (C=O) groups is 1. The second-order valence-corrected chi connectivity index (χ2v) is 3.72. The SMILES string of the molecule is CCOC(=O)c1c(Cl)cc(Cl)cc1Cl. The highest BCUT2D eigenvalue weighted by Gasteiger charge is 2.16. The van der Waals surface area contributed by atoms with Gasteiger partial charge in [0.25, 0.3) is 0 Å². The first-order chi connectivity index (χ1) is 6.56. The molecule has 0 spiro atoms. The van der Waals surface area contributed by atoms with Crippen molar-refractivity contribution in [1.82, 2.24) is 0 Å². The summed E-state index contributed by atoms with van der Waals surface area (Å²) >= 11 is 17.3. The maximum absolute atomic E-state index is 11.4. The van der Waals surface area contributed by atoms with E-state index in [0.717, 1.165) is 0 Å². The van der Waals surface area contributed by atoms with E-state index in [9.17, 15) is 4.79 Å². The van der Waals surface area contributed by atoms with Gasteiger partial charge >= 0.3 is 5.97 Å². The summed E-state index contributed by atoms with van der Waals surface area (Å²) in [5.74, 6) is -0.542. The van der Waals surface area contributed by atoms with Gasteiger partial charge in [0.2, 0.25) is 0 Å². The Morgan fingerprint density at radius 1 is 1.29 bits per heavy atom. The molecular weight excluding hydrogens is 246 g/mol. The number of ether oxygens (including phenoxy) is 1. The third-order valence-corrected chi connectivity index (χ3v) is 2.30. The van der Waals surface area contributed by atoms with Crippen molar-refractivity contribution in [2.24, 2.45) is 0 Å². The number of halogens is 3. The minimum atomic E-state index is -0.542. The summed E-state index contributed by atoms with van der Waals surface area (Å²) in [7, 11) is 0. The summed E-state index contributed by atoms with van der Waals surface area (Å²) in [5, 5.41) is 0.773. The van der Waals surface area contributed by atoms with E-state index >= 15 is 0 Å². The number of benzene rings is 1. The van der Waals surface area contributed by atoms with Crippen molar-refractivity contribution < 1.29 is 9.53 Å². The highest BCUT2D eigenvalue weighted by molar-refractivity contribution is 6.41. The van der Waals surface area contributed by atoms with E-state index in [1.165, 1.54) is 12.1 Å². The van der Waals surface area contributed by atoms with Gasteiger partial charge < -0.3 is 4.74 Å². The number of hydrogen-bond donors (Lipinski definition) is 0. The zero-order chi connectivity index (χ0) is 10.7. The van der Waals surface area contributed by atoms with Crippen molar-refractivity contribution in [1.29, 1.82) is 0 Å². The Labute approximate surface area is 96.7 Å². The fourth-order valence-electron chi connectivity index (χ4n) is 0.940. The predicted octanol–water partition coefficient (Wildman–Crippen LogP) is 3.82. The molecule has 0 N–H and O–H groups in total. The smallest absolute Gasteiger partial charge is 0.341 e. The number of rotatable bonds is 2. The molecule has 0 atom stereocenters. The zero-order valence-electron chi connectivity index (χ0n) is 7.31. The first-order valence-corrected chi connectivity index (χ1v) is 5.01. The van der Waals surface area contributed by atoms with Crippen LogP contribution in [0.3, 0.4) is 0 Å². The molecular formula is C9H7Cl3O2. The van der Waals surface area contributed by atoms with Gasteiger partial charge in [-0.3, -0.25) is 0 Å². The first kappa shape index (κ1) is 11.6. The summed E-state index contributed by atoms with van der Waals surface area (Å²) in [4.78, 5) is 11.4. The Morgan fingerprint density at radius 3 is 2.21 bits per heavy atom. The molecule has 0 saturated heterocycles. The molecule has 0 radical (unpaired) electrons. The lowest BCUT2D eigenvalue weighted by Crippen LogP contribution is -2.06. The maximum Gasteiger partial charge on any atom is 0.341 e. The van der Waals surface area contributed by atoms with Crippen LogP contribution in [0.1, 0.15) is 17.3 Å². The largest absolute Gasteiger partial charge is 0.462 e. The average molecular weight is 254 g/mol. The van der Waals surface area contributed by atoms with Crippen molar-refractivity contribution in [3.8, 4) is 0 Å². The molecule has 0 aliphatic rings. The molecule has 1 aromatic carbocycles. The van der Waals surface area contributed by atoms with Gasteiger partial charge in [-0.25, -0.2) is 4.79 Å². The molecule has 0 saturated carbocycles. The summed E-state index contributed by atoms with van der Waals surface area (Å²) in [6.45, 7) is 1.98. The Hall–Kier alpha value is -0.440. The number of hydrogen-bond acceptors (Lipinski definition) is 2. The van der Waals surface area contributed by atoms with Gasteiger partial charge in [-0.2, -0.15) is 0 Å². The normalized spacial score (nSPS) is 10.0. The Bertz CT molecular complexity index is 340. The molecule has 0 fully saturated rings. The molecule has 5 heteroatoms. The fourth-order valence-corrected chi connectivity index (χ4v) is 1.91. The standard InChI is InChI=1S/C9H7Cl3O2/c1-2-14-9(13)8-6(11)3-5(10)4-7(8)12/h3-4H,2H2,1H3. The van der Waals surface area contributed by atoms with Gasteiger partial charge in [0.1, 0.15) is 0 Å². The highest BCUT2D eigenvalue weighted by atomic mass is 35.5. The average Bonchev–Trinajstić information content (AvgIpc) is 2.01. The van der Waals surface area contributed by atoms with Gasteiger partial charge in [0, 0.05) is 5.02 Å². The third-order valence-electron chi connectivity index (χ3n) is 1.49. The van der Waals surface area contributed by atoms with E-state index in [0.29, 0.717) is 5.02 Å². The van der Waals surface area contributed by atoms with Gasteiger partial charge in [0.15, 0.2) is 0 Å². The molecule has 76 valence electrons. The quantitative estimate of drug-likeness (QED) is 0.749. The summed E-state index contributed by atoms with van der Waals surface area (Å²) in [5.41, 5.74) is 0.152. The van der Waals surface area contributed by atoms with E-state index in [2.05, 4.69) is 0 Å². The van der Waals surface area contributed by atoms with Gasteiger partial charge in [-0.1, -0.05) is 34.8 Å². The second kappa shape index (κ2) is 4.87. The summed E-state index contributed by atoms with van der Waals surface area (Å²) in [6, 6.07) is 2.89. The zero-order valence-corrected chi connectivity index (χ0v) is 9.58. The summed E-state index contributed by atoms with van der Waals surface area (Å²) < 4.78 is 4.78. The molecule has 0 aromatic heterocycles. The number of carbonyl (C=O) groups excluding carboxylic acids is 1. The molecule has 14 heavy (non-hydrogen) atoms. The van der Waals surface area contributed by atoms with E-state index < -0.39 is 5.97 Å². The Morgan fingerprint density at radius 2 is 1.79 bits per heavy atom. The van der Waals surface area contributed by atoms with Crippen molar-refractivity contribution in [2.75, 3.05) is 6.61 Å². The molecule has 1 rings (SSSR count). The second-order valence-electron chi connectivity index (χ2n) is 2.46. The minimum absolute atomic E-state index is 0.152. The molecule has 0 heterocycles. The molecule has 1 aromatic rings. The summed E-state index contributed by atoms with van der Waals surface area (Å²) in [6.07, 6.45) is 0. The molecule has 0 aliphatic heterocycles. The lowest BCUT2D eigenvalue weighted by atomic mass is 10.2. The van der Waals surface area contributed by atoms with Crippen LogP contribution >= 0.6 is 34.8 Å². The Balaban J connectivity index is 3.14. The van der Waals surface area contributed by atoms with Gasteiger partial charge in [0.05, 0.1) is 22.2 Å².